The summed E-state index contributed by atoms with van der Waals surface area (Å²) >= 11 is 0. The molecule has 3 unspecified atom stereocenters. The first-order valence-corrected chi connectivity index (χ1v) is 12.4. The number of carbonyl (C=O) groups is 1. The zero-order valence-corrected chi connectivity index (χ0v) is 20.7. The smallest absolute Gasteiger partial charge is 0.435 e. The molecular weight excluding hydrogens is 468 g/mol. The van der Waals surface area contributed by atoms with Crippen LogP contribution >= 0.6 is 8.03 Å². The molecule has 1 aromatic heterocycles. The van der Waals surface area contributed by atoms with Gasteiger partial charge in [0.25, 0.3) is 0 Å². The van der Waals surface area contributed by atoms with Gasteiger partial charge in [0.1, 0.15) is 11.9 Å². The molecule has 0 bridgehead atoms. The van der Waals surface area contributed by atoms with Crippen LogP contribution in [-0.2, 0) is 18.6 Å². The maximum Gasteiger partial charge on any atom is 0.518 e. The van der Waals surface area contributed by atoms with Crippen molar-refractivity contribution in [1.29, 1.82) is 0 Å². The number of ether oxygens (including phenoxy) is 1. The molecule has 35 heavy (non-hydrogen) atoms. The van der Waals surface area contributed by atoms with Gasteiger partial charge in [-0.05, 0) is 39.8 Å². The minimum atomic E-state index is -2.46. The van der Waals surface area contributed by atoms with Crippen molar-refractivity contribution in [2.24, 2.45) is 0 Å². The van der Waals surface area contributed by atoms with E-state index in [1.807, 2.05) is 50.2 Å². The number of hydrogen-bond donors (Lipinski definition) is 1. The van der Waals surface area contributed by atoms with Gasteiger partial charge in [0, 0.05) is 11.1 Å². The van der Waals surface area contributed by atoms with Gasteiger partial charge in [0.05, 0.1) is 31.2 Å². The monoisotopic (exact) mass is 496 g/mol. The van der Waals surface area contributed by atoms with E-state index in [0.717, 1.165) is 11.8 Å². The standard InChI is InChI=1S/C27H28FNO5P/c1-5-34-24(31)16-23(30)27(35(32)33-4)25-21(18-11-13-20(28)14-12-18)15-22(29-26(25)17(2)3)19-9-7-6-8-10-19/h5-15,17,23,27,30H,1,16H2,2-4H3/q+1. The molecule has 182 valence electrons. The van der Waals surface area contributed by atoms with Crippen molar-refractivity contribution in [3.05, 3.63) is 90.6 Å². The molecule has 0 amide bonds. The highest BCUT2D eigenvalue weighted by atomic mass is 31.1. The number of rotatable bonds is 10. The summed E-state index contributed by atoms with van der Waals surface area (Å²) in [5.41, 5.74) is 2.77. The van der Waals surface area contributed by atoms with Crippen molar-refractivity contribution in [1.82, 2.24) is 4.98 Å². The second-order valence-electron chi connectivity index (χ2n) is 8.22. The predicted molar refractivity (Wildman–Crippen MR) is 133 cm³/mol. The van der Waals surface area contributed by atoms with Gasteiger partial charge in [-0.1, -0.05) is 62.9 Å². The molecule has 0 fully saturated rings. The molecule has 0 aliphatic carbocycles. The molecule has 8 heteroatoms. The van der Waals surface area contributed by atoms with Crippen molar-refractivity contribution in [2.45, 2.75) is 37.9 Å². The Bertz CT molecular complexity index is 1200. The molecule has 3 aromatic rings. The van der Waals surface area contributed by atoms with Crippen molar-refractivity contribution in [2.75, 3.05) is 7.11 Å². The number of nitrogens with zero attached hydrogens (tertiary/aromatic N) is 1. The fraction of sp³-hybridized carbons (Fsp3) is 0.259. The van der Waals surface area contributed by atoms with E-state index in [4.69, 9.17) is 14.2 Å². The first kappa shape index (κ1) is 26.4. The minimum absolute atomic E-state index is 0.136. The quantitative estimate of drug-likeness (QED) is 0.195. The molecule has 3 rings (SSSR count). The van der Waals surface area contributed by atoms with Crippen molar-refractivity contribution >= 4 is 14.0 Å². The number of aromatic nitrogens is 1. The van der Waals surface area contributed by atoms with Gasteiger partial charge in [-0.3, -0.25) is 9.78 Å². The third-order valence-corrected chi connectivity index (χ3v) is 6.93. The normalized spacial score (nSPS) is 13.3. The number of benzene rings is 2. The largest absolute Gasteiger partial charge is 0.518 e. The summed E-state index contributed by atoms with van der Waals surface area (Å²) in [5.74, 6) is -1.26. The molecule has 3 atom stereocenters. The molecule has 0 aliphatic heterocycles. The van der Waals surface area contributed by atoms with E-state index in [-0.39, 0.29) is 5.92 Å². The number of carbonyl (C=O) groups excluding carboxylic acids is 1. The lowest BCUT2D eigenvalue weighted by Gasteiger charge is -2.22. The van der Waals surface area contributed by atoms with Gasteiger partial charge in [-0.2, -0.15) is 0 Å². The van der Waals surface area contributed by atoms with Crippen LogP contribution in [0.25, 0.3) is 22.4 Å². The zero-order chi connectivity index (χ0) is 25.5. The van der Waals surface area contributed by atoms with E-state index < -0.39 is 38.0 Å². The Morgan fingerprint density at radius 3 is 2.37 bits per heavy atom. The van der Waals surface area contributed by atoms with Crippen LogP contribution in [0.5, 0.6) is 0 Å². The van der Waals surface area contributed by atoms with E-state index in [1.165, 1.54) is 19.2 Å². The summed E-state index contributed by atoms with van der Waals surface area (Å²) < 4.78 is 36.9. The topological polar surface area (TPSA) is 85.7 Å². The average molecular weight is 496 g/mol. The molecule has 0 saturated heterocycles. The van der Waals surface area contributed by atoms with Crippen LogP contribution in [0.15, 0.2) is 73.5 Å². The van der Waals surface area contributed by atoms with Gasteiger partial charge in [-0.25, -0.2) is 4.39 Å². The second kappa shape index (κ2) is 11.9. The molecule has 0 saturated carbocycles. The first-order chi connectivity index (χ1) is 16.8. The highest BCUT2D eigenvalue weighted by molar-refractivity contribution is 7.39. The maximum absolute atomic E-state index is 13.8. The van der Waals surface area contributed by atoms with Crippen LogP contribution in [0.2, 0.25) is 0 Å². The lowest BCUT2D eigenvalue weighted by molar-refractivity contribution is -0.140. The summed E-state index contributed by atoms with van der Waals surface area (Å²) in [4.78, 5) is 17.0. The summed E-state index contributed by atoms with van der Waals surface area (Å²) in [6, 6.07) is 17.3. The van der Waals surface area contributed by atoms with Crippen LogP contribution in [-0.4, -0.2) is 29.3 Å². The SMILES string of the molecule is C=COC(=O)CC(O)C(c1c(-c2ccc(F)cc2)cc(-c2ccccc2)nc1C(C)C)[P+](=O)OC. The molecule has 1 heterocycles. The molecule has 0 aliphatic rings. The highest BCUT2D eigenvalue weighted by Crippen LogP contribution is 2.50. The van der Waals surface area contributed by atoms with Crippen LogP contribution in [0.1, 0.15) is 43.1 Å². The van der Waals surface area contributed by atoms with Crippen LogP contribution in [0.3, 0.4) is 0 Å². The maximum atomic E-state index is 13.8. The van der Waals surface area contributed by atoms with E-state index >= 15 is 0 Å². The highest BCUT2D eigenvalue weighted by Gasteiger charge is 2.45. The van der Waals surface area contributed by atoms with Gasteiger partial charge in [0.15, 0.2) is 0 Å². The summed E-state index contributed by atoms with van der Waals surface area (Å²) in [7, 11) is -1.19. The number of aliphatic hydroxyl groups excluding tert-OH is 1. The van der Waals surface area contributed by atoms with Crippen LogP contribution in [0, 0.1) is 5.82 Å². The minimum Gasteiger partial charge on any atom is -0.435 e. The lowest BCUT2D eigenvalue weighted by atomic mass is 9.88. The van der Waals surface area contributed by atoms with Crippen molar-refractivity contribution in [3.63, 3.8) is 0 Å². The Labute approximate surface area is 205 Å². The van der Waals surface area contributed by atoms with Crippen LogP contribution in [0.4, 0.5) is 4.39 Å². The summed E-state index contributed by atoms with van der Waals surface area (Å²) in [5, 5.41) is 11.1. The van der Waals surface area contributed by atoms with E-state index in [0.29, 0.717) is 28.1 Å². The summed E-state index contributed by atoms with van der Waals surface area (Å²) in [6.07, 6.45) is -0.853. The molecule has 2 aromatic carbocycles. The Morgan fingerprint density at radius 2 is 1.80 bits per heavy atom. The van der Waals surface area contributed by atoms with Gasteiger partial charge >= 0.3 is 14.0 Å². The van der Waals surface area contributed by atoms with Crippen LogP contribution < -0.4 is 0 Å². The molecule has 6 nitrogen and oxygen atoms in total. The number of halogens is 1. The Hall–Kier alpha value is -3.25. The number of pyridine rings is 1. The van der Waals surface area contributed by atoms with E-state index in [2.05, 4.69) is 6.58 Å². The number of hydrogen-bond acceptors (Lipinski definition) is 6. The van der Waals surface area contributed by atoms with Gasteiger partial charge < -0.3 is 9.84 Å². The molecule has 0 radical (unpaired) electrons. The van der Waals surface area contributed by atoms with Gasteiger partial charge in [0.2, 0.25) is 5.66 Å². The van der Waals surface area contributed by atoms with E-state index in [9.17, 15) is 18.9 Å². The number of aliphatic hydroxyl groups is 1. The Morgan fingerprint density at radius 1 is 1.14 bits per heavy atom. The second-order valence-corrected chi connectivity index (χ2v) is 9.71. The van der Waals surface area contributed by atoms with E-state index in [1.54, 1.807) is 12.1 Å². The molecular formula is C27H28FNO5P+. The Balaban J connectivity index is 2.32. The fourth-order valence-corrected chi connectivity index (χ4v) is 5.02. The predicted octanol–water partition coefficient (Wildman–Crippen LogP) is 6.55. The van der Waals surface area contributed by atoms with Crippen molar-refractivity contribution in [3.8, 4) is 22.4 Å². The fourth-order valence-electron chi connectivity index (χ4n) is 3.93. The summed E-state index contributed by atoms with van der Waals surface area (Å²) in [6.45, 7) is 7.22. The molecule has 1 N–H and O–H groups in total. The van der Waals surface area contributed by atoms with Gasteiger partial charge in [-0.15, -0.1) is 4.52 Å². The molecule has 0 spiro atoms. The lowest BCUT2D eigenvalue weighted by Crippen LogP contribution is -2.23. The third kappa shape index (κ3) is 6.25. The zero-order valence-electron chi connectivity index (χ0n) is 19.8. The third-order valence-electron chi connectivity index (χ3n) is 5.52. The van der Waals surface area contributed by atoms with Crippen molar-refractivity contribution < 1.29 is 28.1 Å². The number of esters is 1. The average Bonchev–Trinajstić information content (AvgIpc) is 2.85. The Kier molecular flexibility index (Phi) is 8.99. The first-order valence-electron chi connectivity index (χ1n) is 11.1.